The van der Waals surface area contributed by atoms with E-state index in [9.17, 15) is 26.4 Å². The maximum atomic E-state index is 13.0. The maximum Gasteiger partial charge on any atom is 0.490 e. The van der Waals surface area contributed by atoms with E-state index < -0.39 is 22.2 Å². The Hall–Kier alpha value is -3.07. The third kappa shape index (κ3) is 7.96. The number of hydrogen-bond acceptors (Lipinski definition) is 7. The summed E-state index contributed by atoms with van der Waals surface area (Å²) in [7, 11) is -3.85. The maximum absolute atomic E-state index is 13.0. The number of sulfonamides is 1. The van der Waals surface area contributed by atoms with E-state index in [-0.39, 0.29) is 10.8 Å². The van der Waals surface area contributed by atoms with Crippen molar-refractivity contribution in [3.63, 3.8) is 0 Å². The van der Waals surface area contributed by atoms with E-state index in [1.165, 1.54) is 24.3 Å². The summed E-state index contributed by atoms with van der Waals surface area (Å²) < 4.78 is 65.8. The van der Waals surface area contributed by atoms with Gasteiger partial charge in [0.25, 0.3) is 15.9 Å². The molecule has 0 spiro atoms. The molecule has 0 atom stereocenters. The molecule has 2 aliphatic heterocycles. The number of carboxylic acids is 1. The number of carbonyl (C=O) groups is 2. The van der Waals surface area contributed by atoms with Crippen LogP contribution in [0.25, 0.3) is 0 Å². The molecule has 0 aliphatic carbocycles. The number of halogens is 4. The van der Waals surface area contributed by atoms with Crippen LogP contribution in [0.2, 0.25) is 5.02 Å². The van der Waals surface area contributed by atoms with Gasteiger partial charge in [-0.1, -0.05) is 11.6 Å². The van der Waals surface area contributed by atoms with Gasteiger partial charge in [-0.3, -0.25) is 9.52 Å². The normalized spacial score (nSPS) is 16.3. The Morgan fingerprint density at radius 3 is 2.13 bits per heavy atom. The van der Waals surface area contributed by atoms with Crippen molar-refractivity contribution < 1.29 is 41.0 Å². The molecule has 0 bridgehead atoms. The molecular formula is C23H26ClF3N4O6S. The third-order valence-electron chi connectivity index (χ3n) is 5.61. The van der Waals surface area contributed by atoms with Crippen molar-refractivity contribution in [1.29, 1.82) is 0 Å². The van der Waals surface area contributed by atoms with Crippen LogP contribution in [-0.2, 0) is 19.6 Å². The van der Waals surface area contributed by atoms with Gasteiger partial charge in [-0.05, 0) is 42.5 Å². The summed E-state index contributed by atoms with van der Waals surface area (Å²) in [4.78, 5) is 25.8. The smallest absolute Gasteiger partial charge is 0.475 e. The Kier molecular flexibility index (Phi) is 9.82. The number of benzene rings is 2. The first-order valence-corrected chi connectivity index (χ1v) is 13.3. The van der Waals surface area contributed by atoms with E-state index in [0.717, 1.165) is 31.9 Å². The molecule has 2 aromatic carbocycles. The van der Waals surface area contributed by atoms with E-state index in [1.54, 1.807) is 17.0 Å². The first kappa shape index (κ1) is 29.5. The van der Waals surface area contributed by atoms with Gasteiger partial charge in [0.05, 0.1) is 29.5 Å². The standard InChI is InChI=1S/C21H25ClN4O4S.C2HF3O2/c22-17-2-4-18(5-3-17)31(28,29)24-19-15-16(21(27)26-11-13-30-14-12-26)1-6-20(19)25-9-7-23-8-10-25;3-2(4,5)1(6)7/h1-6,15,23-24H,7-14H2;(H,6,7). The van der Waals surface area contributed by atoms with E-state index >= 15 is 0 Å². The lowest BCUT2D eigenvalue weighted by atomic mass is 10.1. The third-order valence-corrected chi connectivity index (χ3v) is 7.24. The number of ether oxygens (including phenoxy) is 1. The van der Waals surface area contributed by atoms with Crippen LogP contribution < -0.4 is 14.9 Å². The van der Waals surface area contributed by atoms with E-state index in [2.05, 4.69) is 14.9 Å². The number of carbonyl (C=O) groups excluding carboxylic acids is 1. The predicted octanol–water partition coefficient (Wildman–Crippen LogP) is 2.66. The highest BCUT2D eigenvalue weighted by Gasteiger charge is 2.38. The topological polar surface area (TPSA) is 128 Å². The van der Waals surface area contributed by atoms with Crippen molar-refractivity contribution in [1.82, 2.24) is 10.2 Å². The summed E-state index contributed by atoms with van der Waals surface area (Å²) in [5, 5.41) is 10.9. The molecule has 38 heavy (non-hydrogen) atoms. The molecule has 15 heteroatoms. The SMILES string of the molecule is O=C(O)C(F)(F)F.O=C(c1ccc(N2CCNCC2)c(NS(=O)(=O)c2ccc(Cl)cc2)c1)N1CCOCC1. The quantitative estimate of drug-likeness (QED) is 0.494. The summed E-state index contributed by atoms with van der Waals surface area (Å²) in [5.41, 5.74) is 1.57. The number of anilines is 2. The average molecular weight is 579 g/mol. The van der Waals surface area contributed by atoms with E-state index in [1.807, 2.05) is 6.07 Å². The lowest BCUT2D eigenvalue weighted by Gasteiger charge is -2.32. The first-order chi connectivity index (χ1) is 17.9. The van der Waals surface area contributed by atoms with Crippen LogP contribution in [0.3, 0.4) is 0 Å². The number of nitrogens with one attached hydrogen (secondary N) is 2. The zero-order chi connectivity index (χ0) is 27.9. The number of rotatable bonds is 5. The van der Waals surface area contributed by atoms with E-state index in [4.69, 9.17) is 26.2 Å². The van der Waals surface area contributed by atoms with Crippen molar-refractivity contribution in [2.24, 2.45) is 0 Å². The summed E-state index contributed by atoms with van der Waals surface area (Å²) in [6.07, 6.45) is -5.08. The fraction of sp³-hybridized carbons (Fsp3) is 0.391. The monoisotopic (exact) mass is 578 g/mol. The summed E-state index contributed by atoms with van der Waals surface area (Å²) in [6, 6.07) is 11.2. The van der Waals surface area contributed by atoms with Crippen LogP contribution in [0, 0.1) is 0 Å². The van der Waals surface area contributed by atoms with Gasteiger partial charge in [-0.25, -0.2) is 13.2 Å². The van der Waals surface area contributed by atoms with Gasteiger partial charge >= 0.3 is 12.1 Å². The number of hydrogen-bond donors (Lipinski definition) is 3. The summed E-state index contributed by atoms with van der Waals surface area (Å²) in [6.45, 7) is 5.13. The molecule has 0 unspecified atom stereocenters. The Labute approximate surface area is 222 Å². The average Bonchev–Trinajstić information content (AvgIpc) is 2.89. The lowest BCUT2D eigenvalue weighted by Crippen LogP contribution is -2.44. The minimum Gasteiger partial charge on any atom is -0.475 e. The van der Waals surface area contributed by atoms with E-state index in [0.29, 0.717) is 42.6 Å². The highest BCUT2D eigenvalue weighted by atomic mass is 35.5. The van der Waals surface area contributed by atoms with Crippen LogP contribution in [-0.4, -0.2) is 89.0 Å². The van der Waals surface area contributed by atoms with Crippen molar-refractivity contribution >= 4 is 44.9 Å². The number of amides is 1. The Morgan fingerprint density at radius 1 is 1.00 bits per heavy atom. The van der Waals surface area contributed by atoms with Crippen molar-refractivity contribution in [2.45, 2.75) is 11.1 Å². The highest BCUT2D eigenvalue weighted by molar-refractivity contribution is 7.92. The minimum atomic E-state index is -5.08. The zero-order valence-electron chi connectivity index (χ0n) is 20.0. The second kappa shape index (κ2) is 12.7. The number of piperazine rings is 1. The minimum absolute atomic E-state index is 0.105. The van der Waals surface area contributed by atoms with Crippen LogP contribution in [0.15, 0.2) is 47.4 Å². The Morgan fingerprint density at radius 2 is 1.58 bits per heavy atom. The van der Waals surface area contributed by atoms with Gasteiger partial charge in [0.2, 0.25) is 0 Å². The Balaban J connectivity index is 0.000000505. The van der Waals surface area contributed by atoms with Gasteiger partial charge in [-0.2, -0.15) is 13.2 Å². The fourth-order valence-electron chi connectivity index (χ4n) is 3.70. The molecule has 3 N–H and O–H groups in total. The molecule has 2 aromatic rings. The first-order valence-electron chi connectivity index (χ1n) is 11.4. The van der Waals surface area contributed by atoms with Gasteiger partial charge < -0.3 is 25.0 Å². The number of carboxylic acid groups (broad SMARTS) is 1. The van der Waals surface area contributed by atoms with Crippen LogP contribution in [0.1, 0.15) is 10.4 Å². The highest BCUT2D eigenvalue weighted by Crippen LogP contribution is 2.31. The molecule has 208 valence electrons. The van der Waals surface area contributed by atoms with Gasteiger partial charge in [-0.15, -0.1) is 0 Å². The molecule has 4 rings (SSSR count). The van der Waals surface area contributed by atoms with Crippen LogP contribution in [0.4, 0.5) is 24.5 Å². The molecule has 2 heterocycles. The molecule has 2 fully saturated rings. The van der Waals surface area contributed by atoms with Crippen molar-refractivity contribution in [3.05, 3.63) is 53.1 Å². The molecule has 0 saturated carbocycles. The van der Waals surface area contributed by atoms with Gasteiger partial charge in [0.1, 0.15) is 0 Å². The number of morpholine rings is 1. The molecule has 10 nitrogen and oxygen atoms in total. The number of nitrogens with zero attached hydrogens (tertiary/aromatic N) is 2. The Bertz CT molecular complexity index is 1230. The zero-order valence-corrected chi connectivity index (χ0v) is 21.6. The fourth-order valence-corrected chi connectivity index (χ4v) is 4.89. The predicted molar refractivity (Wildman–Crippen MR) is 134 cm³/mol. The largest absolute Gasteiger partial charge is 0.490 e. The molecule has 1 amide bonds. The molecule has 2 aliphatic rings. The van der Waals surface area contributed by atoms with Crippen molar-refractivity contribution in [2.75, 3.05) is 62.1 Å². The number of alkyl halides is 3. The van der Waals surface area contributed by atoms with Crippen LogP contribution in [0.5, 0.6) is 0 Å². The molecule has 0 aromatic heterocycles. The number of aliphatic carboxylic acids is 1. The second-order valence-corrected chi connectivity index (χ2v) is 10.4. The summed E-state index contributed by atoms with van der Waals surface area (Å²) >= 11 is 5.90. The lowest BCUT2D eigenvalue weighted by molar-refractivity contribution is -0.192. The second-order valence-electron chi connectivity index (χ2n) is 8.24. The van der Waals surface area contributed by atoms with Crippen LogP contribution >= 0.6 is 11.6 Å². The molecule has 2 saturated heterocycles. The van der Waals surface area contributed by atoms with Crippen molar-refractivity contribution in [3.8, 4) is 0 Å². The van der Waals surface area contributed by atoms with Gasteiger partial charge in [0.15, 0.2) is 0 Å². The molecule has 0 radical (unpaired) electrons. The van der Waals surface area contributed by atoms with Gasteiger partial charge in [0, 0.05) is 49.9 Å². The summed E-state index contributed by atoms with van der Waals surface area (Å²) in [5.74, 6) is -2.89. The molecular weight excluding hydrogens is 553 g/mol.